The summed E-state index contributed by atoms with van der Waals surface area (Å²) in [6.07, 6.45) is 0. The lowest BCUT2D eigenvalue weighted by Crippen LogP contribution is -2.50. The van der Waals surface area contributed by atoms with Gasteiger partial charge < -0.3 is 19.8 Å². The van der Waals surface area contributed by atoms with Gasteiger partial charge in [0.25, 0.3) is 0 Å². The molecule has 1 aromatic carbocycles. The molecule has 12 nitrogen and oxygen atoms in total. The van der Waals surface area contributed by atoms with Crippen LogP contribution >= 0.6 is 0 Å². The maximum Gasteiger partial charge on any atom is 0.314 e. The average Bonchev–Trinajstić information content (AvgIpc) is 3.13. The number of nitrogens with zero attached hydrogens (tertiary/aromatic N) is 3. The van der Waals surface area contributed by atoms with E-state index in [-0.39, 0.29) is 36.0 Å². The monoisotopic (exact) mass is 448 g/mol. The highest BCUT2D eigenvalue weighted by molar-refractivity contribution is 7.89. The third-order valence-electron chi connectivity index (χ3n) is 4.93. The first-order chi connectivity index (χ1) is 14.7. The van der Waals surface area contributed by atoms with Gasteiger partial charge in [0.15, 0.2) is 5.82 Å². The zero-order valence-corrected chi connectivity index (χ0v) is 17.4. The molecule has 0 saturated carbocycles. The molecule has 1 fully saturated rings. The van der Waals surface area contributed by atoms with Gasteiger partial charge >= 0.3 is 11.1 Å². The van der Waals surface area contributed by atoms with E-state index < -0.39 is 21.1 Å². The van der Waals surface area contributed by atoms with Crippen LogP contribution in [0.15, 0.2) is 43.3 Å². The molecule has 0 bridgehead atoms. The van der Waals surface area contributed by atoms with E-state index in [1.165, 1.54) is 22.5 Å². The fourth-order valence-corrected chi connectivity index (χ4v) is 4.79. The van der Waals surface area contributed by atoms with E-state index in [4.69, 9.17) is 4.52 Å². The number of amides is 1. The van der Waals surface area contributed by atoms with Gasteiger partial charge in [-0.05, 0) is 25.1 Å². The lowest BCUT2D eigenvalue weighted by Gasteiger charge is -2.33. The minimum Gasteiger partial charge on any atom is -0.360 e. The summed E-state index contributed by atoms with van der Waals surface area (Å²) in [6.45, 7) is 2.99. The van der Waals surface area contributed by atoms with E-state index in [2.05, 4.69) is 20.4 Å². The fraction of sp³-hybridized carbons (Fsp3) is 0.333. The Morgan fingerprint density at radius 1 is 1.10 bits per heavy atom. The van der Waals surface area contributed by atoms with Crippen LogP contribution in [0.25, 0.3) is 11.0 Å². The Morgan fingerprint density at radius 3 is 2.42 bits per heavy atom. The van der Waals surface area contributed by atoms with Gasteiger partial charge in [-0.3, -0.25) is 19.3 Å². The highest BCUT2D eigenvalue weighted by Gasteiger charge is 2.29. The highest BCUT2D eigenvalue weighted by Crippen LogP contribution is 2.20. The molecule has 1 aliphatic rings. The average molecular weight is 448 g/mol. The van der Waals surface area contributed by atoms with Crippen LogP contribution in [0.3, 0.4) is 0 Å². The van der Waals surface area contributed by atoms with E-state index in [0.717, 1.165) is 0 Å². The van der Waals surface area contributed by atoms with E-state index in [1.807, 2.05) is 4.90 Å². The van der Waals surface area contributed by atoms with Crippen LogP contribution in [-0.4, -0.2) is 71.4 Å². The van der Waals surface area contributed by atoms with Crippen molar-refractivity contribution < 1.29 is 17.7 Å². The number of aryl methyl sites for hydroxylation is 1. The Hall–Kier alpha value is -3.29. The van der Waals surface area contributed by atoms with Crippen molar-refractivity contribution >= 4 is 32.8 Å². The van der Waals surface area contributed by atoms with Gasteiger partial charge in [0.2, 0.25) is 15.9 Å². The lowest BCUT2D eigenvalue weighted by molar-refractivity contribution is -0.117. The largest absolute Gasteiger partial charge is 0.360 e. The first-order valence-electron chi connectivity index (χ1n) is 9.44. The summed E-state index contributed by atoms with van der Waals surface area (Å²) in [5, 5.41) is 6.34. The quantitative estimate of drug-likeness (QED) is 0.438. The number of hydrogen-bond donors (Lipinski definition) is 3. The third kappa shape index (κ3) is 4.42. The predicted molar refractivity (Wildman–Crippen MR) is 110 cm³/mol. The minimum absolute atomic E-state index is 0.00953. The number of sulfonamides is 1. The Balaban J connectivity index is 1.41. The maximum atomic E-state index is 13.0. The summed E-state index contributed by atoms with van der Waals surface area (Å²) in [4.78, 5) is 41.7. The molecule has 1 amide bonds. The van der Waals surface area contributed by atoms with Crippen molar-refractivity contribution in [1.82, 2.24) is 24.3 Å². The first-order valence-corrected chi connectivity index (χ1v) is 10.9. The number of benzene rings is 1. The van der Waals surface area contributed by atoms with E-state index in [9.17, 15) is 22.8 Å². The van der Waals surface area contributed by atoms with Gasteiger partial charge in [0.05, 0.1) is 22.5 Å². The summed E-state index contributed by atoms with van der Waals surface area (Å²) < 4.78 is 32.2. The number of aromatic amines is 2. The van der Waals surface area contributed by atoms with Crippen LogP contribution in [-0.2, 0) is 14.8 Å². The number of carbonyl (C=O) groups is 1. The number of anilines is 1. The molecule has 164 valence electrons. The van der Waals surface area contributed by atoms with Crippen molar-refractivity contribution in [1.29, 1.82) is 0 Å². The van der Waals surface area contributed by atoms with Crippen LogP contribution in [0, 0.1) is 6.92 Å². The van der Waals surface area contributed by atoms with Gasteiger partial charge in [-0.2, -0.15) is 4.31 Å². The number of hydrogen-bond acceptors (Lipinski definition) is 8. The summed E-state index contributed by atoms with van der Waals surface area (Å²) in [5.41, 5.74) is -1.09. The molecule has 13 heteroatoms. The molecule has 3 heterocycles. The van der Waals surface area contributed by atoms with Gasteiger partial charge in [0, 0.05) is 32.2 Å². The molecule has 1 saturated heterocycles. The van der Waals surface area contributed by atoms with Gasteiger partial charge in [-0.25, -0.2) is 8.42 Å². The topological polar surface area (TPSA) is 161 Å². The van der Waals surface area contributed by atoms with Crippen LogP contribution in [0.1, 0.15) is 5.76 Å². The lowest BCUT2D eigenvalue weighted by atomic mass is 10.3. The molecule has 1 aliphatic heterocycles. The zero-order valence-electron chi connectivity index (χ0n) is 16.5. The van der Waals surface area contributed by atoms with Crippen molar-refractivity contribution in [2.24, 2.45) is 0 Å². The van der Waals surface area contributed by atoms with Crippen molar-refractivity contribution in [3.05, 3.63) is 50.7 Å². The smallest absolute Gasteiger partial charge is 0.314 e. The second-order valence-corrected chi connectivity index (χ2v) is 9.10. The number of rotatable bonds is 5. The number of aromatic nitrogens is 3. The number of piperazine rings is 1. The van der Waals surface area contributed by atoms with Crippen LogP contribution in [0.4, 0.5) is 5.82 Å². The summed E-state index contributed by atoms with van der Waals surface area (Å²) in [5.74, 6) is 0.648. The van der Waals surface area contributed by atoms with Crippen molar-refractivity contribution in [2.45, 2.75) is 11.8 Å². The van der Waals surface area contributed by atoms with E-state index in [0.29, 0.717) is 30.2 Å². The van der Waals surface area contributed by atoms with E-state index >= 15 is 0 Å². The molecule has 2 aromatic heterocycles. The molecular formula is C18H20N6O6S. The molecular weight excluding hydrogens is 428 g/mol. The van der Waals surface area contributed by atoms with Crippen molar-refractivity contribution in [3.63, 3.8) is 0 Å². The number of nitrogens with one attached hydrogen (secondary N) is 3. The minimum atomic E-state index is -3.80. The molecule has 3 N–H and O–H groups in total. The third-order valence-corrected chi connectivity index (χ3v) is 6.82. The molecule has 0 unspecified atom stereocenters. The Kier molecular flexibility index (Phi) is 5.47. The Morgan fingerprint density at radius 2 is 1.77 bits per heavy atom. The van der Waals surface area contributed by atoms with Crippen LogP contribution in [0.5, 0.6) is 0 Å². The summed E-state index contributed by atoms with van der Waals surface area (Å²) in [7, 11) is -3.80. The maximum absolute atomic E-state index is 13.0. The molecule has 0 aliphatic carbocycles. The zero-order chi connectivity index (χ0) is 22.2. The molecule has 4 rings (SSSR count). The molecule has 0 atom stereocenters. The SMILES string of the molecule is Cc1cc(NC(=O)CN2CCN(S(=O)(=O)c3ccc4[nH]c(=O)c(=O)[nH]c4c3)CC2)no1. The first kappa shape index (κ1) is 21.0. The molecule has 31 heavy (non-hydrogen) atoms. The number of fused-ring (bicyclic) bond motifs is 1. The van der Waals surface area contributed by atoms with Gasteiger partial charge in [-0.1, -0.05) is 5.16 Å². The Bertz CT molecular complexity index is 1350. The number of carbonyl (C=O) groups excluding carboxylic acids is 1. The predicted octanol–water partition coefficient (Wildman–Crippen LogP) is -0.542. The second kappa shape index (κ2) is 8.09. The van der Waals surface area contributed by atoms with Crippen LogP contribution < -0.4 is 16.4 Å². The van der Waals surface area contributed by atoms with Crippen molar-refractivity contribution in [2.75, 3.05) is 38.0 Å². The molecule has 0 radical (unpaired) electrons. The van der Waals surface area contributed by atoms with E-state index in [1.54, 1.807) is 13.0 Å². The second-order valence-electron chi connectivity index (χ2n) is 7.17. The Labute approximate surface area is 175 Å². The highest BCUT2D eigenvalue weighted by atomic mass is 32.2. The van der Waals surface area contributed by atoms with Gasteiger partial charge in [0.1, 0.15) is 5.76 Å². The summed E-state index contributed by atoms with van der Waals surface area (Å²) in [6, 6.07) is 5.74. The van der Waals surface area contributed by atoms with Crippen LogP contribution in [0.2, 0.25) is 0 Å². The van der Waals surface area contributed by atoms with Gasteiger partial charge in [-0.15, -0.1) is 0 Å². The molecule has 0 spiro atoms. The number of H-pyrrole nitrogens is 2. The fourth-order valence-electron chi connectivity index (χ4n) is 3.34. The standard InChI is InChI=1S/C18H20N6O6S/c1-11-8-15(22-30-11)21-16(25)10-23-4-6-24(7-5-23)31(28,29)12-2-3-13-14(9-12)20-18(27)17(26)19-13/h2-3,8-9H,4-7,10H2,1H3,(H,19,26)(H,20,27)(H,21,22,25). The van der Waals surface area contributed by atoms with Crippen molar-refractivity contribution in [3.8, 4) is 0 Å². The summed E-state index contributed by atoms with van der Waals surface area (Å²) >= 11 is 0. The molecule has 3 aromatic rings. The normalized spacial score (nSPS) is 15.9.